The summed E-state index contributed by atoms with van der Waals surface area (Å²) in [6.07, 6.45) is 2.28. The molecule has 114 valence electrons. The number of methoxy groups -OCH3 is 1. The Hall–Kier alpha value is -2.30. The van der Waals surface area contributed by atoms with Crippen LogP contribution in [0.2, 0.25) is 0 Å². The maximum Gasteiger partial charge on any atom is 0.239 e. The van der Waals surface area contributed by atoms with Crippen molar-refractivity contribution >= 4 is 11.8 Å². The van der Waals surface area contributed by atoms with Gasteiger partial charge in [-0.15, -0.1) is 6.58 Å². The SMILES string of the molecule is C=CCNC(=O)CN(CCc1cccc(OC)c1)C(C)=O. The molecule has 0 saturated carbocycles. The number of nitrogens with zero attached hydrogens (tertiary/aromatic N) is 1. The van der Waals surface area contributed by atoms with Gasteiger partial charge >= 0.3 is 0 Å². The molecule has 0 aliphatic rings. The summed E-state index contributed by atoms with van der Waals surface area (Å²) in [5.41, 5.74) is 1.06. The number of hydrogen-bond donors (Lipinski definition) is 1. The molecule has 1 aromatic carbocycles. The first kappa shape index (κ1) is 16.8. The lowest BCUT2D eigenvalue weighted by Gasteiger charge is -2.20. The molecule has 0 bridgehead atoms. The first-order valence-corrected chi connectivity index (χ1v) is 6.83. The highest BCUT2D eigenvalue weighted by molar-refractivity contribution is 5.83. The van der Waals surface area contributed by atoms with Crippen LogP contribution in [0.3, 0.4) is 0 Å². The van der Waals surface area contributed by atoms with Gasteiger partial charge in [-0.05, 0) is 24.1 Å². The zero-order chi connectivity index (χ0) is 15.7. The molecule has 0 saturated heterocycles. The van der Waals surface area contributed by atoms with Crippen molar-refractivity contribution < 1.29 is 14.3 Å². The number of benzene rings is 1. The average Bonchev–Trinajstić information content (AvgIpc) is 2.49. The lowest BCUT2D eigenvalue weighted by molar-refractivity contribution is -0.134. The predicted octanol–water partition coefficient (Wildman–Crippen LogP) is 1.39. The normalized spacial score (nSPS) is 9.81. The summed E-state index contributed by atoms with van der Waals surface area (Å²) < 4.78 is 5.16. The lowest BCUT2D eigenvalue weighted by Crippen LogP contribution is -2.40. The molecule has 0 aliphatic heterocycles. The Bertz CT molecular complexity index is 500. The second-order valence-electron chi connectivity index (χ2n) is 4.63. The van der Waals surface area contributed by atoms with Gasteiger partial charge in [-0.1, -0.05) is 18.2 Å². The zero-order valence-corrected chi connectivity index (χ0v) is 12.6. The van der Waals surface area contributed by atoms with Crippen molar-refractivity contribution in [3.05, 3.63) is 42.5 Å². The van der Waals surface area contributed by atoms with E-state index in [4.69, 9.17) is 4.74 Å². The smallest absolute Gasteiger partial charge is 0.239 e. The van der Waals surface area contributed by atoms with Gasteiger partial charge < -0.3 is 15.0 Å². The summed E-state index contributed by atoms with van der Waals surface area (Å²) in [6, 6.07) is 7.67. The molecule has 2 amide bonds. The van der Waals surface area contributed by atoms with Crippen LogP contribution >= 0.6 is 0 Å². The molecule has 0 aromatic heterocycles. The molecule has 0 radical (unpaired) electrons. The second kappa shape index (κ2) is 8.79. The topological polar surface area (TPSA) is 58.6 Å². The van der Waals surface area contributed by atoms with Crippen LogP contribution in [0.4, 0.5) is 0 Å². The molecule has 21 heavy (non-hydrogen) atoms. The second-order valence-corrected chi connectivity index (χ2v) is 4.63. The van der Waals surface area contributed by atoms with Gasteiger partial charge in [0.2, 0.25) is 11.8 Å². The Labute approximate surface area is 125 Å². The zero-order valence-electron chi connectivity index (χ0n) is 12.6. The average molecular weight is 290 g/mol. The van der Waals surface area contributed by atoms with Crippen LogP contribution in [-0.2, 0) is 16.0 Å². The van der Waals surface area contributed by atoms with Gasteiger partial charge in [0.15, 0.2) is 0 Å². The quantitative estimate of drug-likeness (QED) is 0.736. The third kappa shape index (κ3) is 6.12. The van der Waals surface area contributed by atoms with E-state index in [1.165, 1.54) is 11.8 Å². The maximum atomic E-state index is 11.7. The summed E-state index contributed by atoms with van der Waals surface area (Å²) >= 11 is 0. The van der Waals surface area contributed by atoms with Crippen LogP contribution in [0.1, 0.15) is 12.5 Å². The molecule has 1 rings (SSSR count). The van der Waals surface area contributed by atoms with E-state index in [0.717, 1.165) is 11.3 Å². The Morgan fingerprint density at radius 3 is 2.81 bits per heavy atom. The van der Waals surface area contributed by atoms with Crippen molar-refractivity contribution in [2.45, 2.75) is 13.3 Å². The fraction of sp³-hybridized carbons (Fsp3) is 0.375. The number of rotatable bonds is 8. The summed E-state index contributed by atoms with van der Waals surface area (Å²) in [6.45, 7) is 5.95. The molecule has 0 unspecified atom stereocenters. The van der Waals surface area contributed by atoms with E-state index < -0.39 is 0 Å². The van der Waals surface area contributed by atoms with Crippen molar-refractivity contribution in [2.24, 2.45) is 0 Å². The largest absolute Gasteiger partial charge is 0.497 e. The first-order chi connectivity index (χ1) is 10.1. The molecule has 1 N–H and O–H groups in total. The molecule has 0 fully saturated rings. The Morgan fingerprint density at radius 2 is 2.19 bits per heavy atom. The highest BCUT2D eigenvalue weighted by atomic mass is 16.5. The van der Waals surface area contributed by atoms with Crippen molar-refractivity contribution in [1.82, 2.24) is 10.2 Å². The van der Waals surface area contributed by atoms with E-state index in [9.17, 15) is 9.59 Å². The minimum absolute atomic E-state index is 0.0626. The maximum absolute atomic E-state index is 11.7. The molecular formula is C16H22N2O3. The van der Waals surface area contributed by atoms with E-state index in [1.807, 2.05) is 24.3 Å². The van der Waals surface area contributed by atoms with Crippen molar-refractivity contribution in [2.75, 3.05) is 26.7 Å². The third-order valence-electron chi connectivity index (χ3n) is 3.03. The first-order valence-electron chi connectivity index (χ1n) is 6.83. The van der Waals surface area contributed by atoms with Crippen LogP contribution in [0, 0.1) is 0 Å². The Morgan fingerprint density at radius 1 is 1.43 bits per heavy atom. The van der Waals surface area contributed by atoms with Crippen molar-refractivity contribution in [3.8, 4) is 5.75 Å². The highest BCUT2D eigenvalue weighted by Crippen LogP contribution is 2.13. The van der Waals surface area contributed by atoms with Gasteiger partial charge in [0.05, 0.1) is 13.7 Å². The van der Waals surface area contributed by atoms with Crippen LogP contribution in [0.5, 0.6) is 5.75 Å². The molecule has 0 atom stereocenters. The Kier molecular flexibility index (Phi) is 7.01. The van der Waals surface area contributed by atoms with E-state index in [-0.39, 0.29) is 18.4 Å². The monoisotopic (exact) mass is 290 g/mol. The minimum Gasteiger partial charge on any atom is -0.497 e. The van der Waals surface area contributed by atoms with Crippen LogP contribution in [-0.4, -0.2) is 43.5 Å². The summed E-state index contributed by atoms with van der Waals surface area (Å²) in [4.78, 5) is 24.8. The third-order valence-corrected chi connectivity index (χ3v) is 3.03. The molecule has 1 aromatic rings. The summed E-state index contributed by atoms with van der Waals surface area (Å²) in [7, 11) is 1.62. The Balaban J connectivity index is 2.56. The number of carbonyl (C=O) groups excluding carboxylic acids is 2. The summed E-state index contributed by atoms with van der Waals surface area (Å²) in [5.74, 6) is 0.480. The number of ether oxygens (including phenoxy) is 1. The van der Waals surface area contributed by atoms with E-state index >= 15 is 0 Å². The van der Waals surface area contributed by atoms with E-state index in [0.29, 0.717) is 19.5 Å². The summed E-state index contributed by atoms with van der Waals surface area (Å²) in [5, 5.41) is 2.66. The van der Waals surface area contributed by atoms with Gasteiger partial charge in [-0.3, -0.25) is 9.59 Å². The predicted molar refractivity (Wildman–Crippen MR) is 82.2 cm³/mol. The number of carbonyl (C=O) groups is 2. The van der Waals surface area contributed by atoms with Crippen LogP contribution in [0.15, 0.2) is 36.9 Å². The molecule has 5 heteroatoms. The van der Waals surface area contributed by atoms with Gasteiger partial charge in [0, 0.05) is 20.0 Å². The fourth-order valence-electron chi connectivity index (χ4n) is 1.86. The lowest BCUT2D eigenvalue weighted by atomic mass is 10.1. The minimum atomic E-state index is -0.184. The van der Waals surface area contributed by atoms with Crippen molar-refractivity contribution in [1.29, 1.82) is 0 Å². The number of hydrogen-bond acceptors (Lipinski definition) is 3. The molecule has 0 spiro atoms. The highest BCUT2D eigenvalue weighted by Gasteiger charge is 2.13. The molecule has 0 heterocycles. The van der Waals surface area contributed by atoms with Gasteiger partial charge in [0.25, 0.3) is 0 Å². The van der Waals surface area contributed by atoms with E-state index in [2.05, 4.69) is 11.9 Å². The molecule has 0 aliphatic carbocycles. The fourth-order valence-corrected chi connectivity index (χ4v) is 1.86. The van der Waals surface area contributed by atoms with Gasteiger partial charge in [0.1, 0.15) is 5.75 Å². The molecule has 5 nitrogen and oxygen atoms in total. The van der Waals surface area contributed by atoms with E-state index in [1.54, 1.807) is 13.2 Å². The number of amides is 2. The molecular weight excluding hydrogens is 268 g/mol. The number of nitrogens with one attached hydrogen (secondary N) is 1. The van der Waals surface area contributed by atoms with Gasteiger partial charge in [-0.2, -0.15) is 0 Å². The van der Waals surface area contributed by atoms with Crippen LogP contribution < -0.4 is 10.1 Å². The standard InChI is InChI=1S/C16H22N2O3/c1-4-9-17-16(20)12-18(13(2)19)10-8-14-6-5-7-15(11-14)21-3/h4-7,11H,1,8-10,12H2,2-3H3,(H,17,20). The van der Waals surface area contributed by atoms with Gasteiger partial charge in [-0.25, -0.2) is 0 Å². The van der Waals surface area contributed by atoms with Crippen LogP contribution in [0.25, 0.3) is 0 Å². The van der Waals surface area contributed by atoms with Crippen molar-refractivity contribution in [3.63, 3.8) is 0 Å².